The van der Waals surface area contributed by atoms with E-state index in [0.717, 1.165) is 18.4 Å². The lowest BCUT2D eigenvalue weighted by molar-refractivity contribution is -0.136. The number of anilines is 1. The van der Waals surface area contributed by atoms with E-state index in [4.69, 9.17) is 5.11 Å². The Balaban J connectivity index is 2.16. The zero-order valence-electron chi connectivity index (χ0n) is 12.0. The number of hydrogen-bond acceptors (Lipinski definition) is 3. The van der Waals surface area contributed by atoms with E-state index < -0.39 is 16.2 Å². The van der Waals surface area contributed by atoms with E-state index in [9.17, 15) is 13.2 Å². The summed E-state index contributed by atoms with van der Waals surface area (Å²) in [5.74, 6) is -0.863. The first-order valence-electron chi connectivity index (χ1n) is 6.96. The maximum atomic E-state index is 12.5. The van der Waals surface area contributed by atoms with Crippen LogP contribution in [0.15, 0.2) is 24.3 Å². The van der Waals surface area contributed by atoms with E-state index in [1.54, 1.807) is 18.2 Å². The minimum Gasteiger partial charge on any atom is -0.481 e. The molecule has 0 aliphatic carbocycles. The molecule has 1 heterocycles. The van der Waals surface area contributed by atoms with E-state index in [1.165, 1.54) is 15.7 Å². The number of hydrogen-bond donors (Lipinski definition) is 1. The van der Waals surface area contributed by atoms with Crippen molar-refractivity contribution in [1.82, 2.24) is 4.31 Å². The standard InChI is InChI=1S/C14H20N2O4S/c1-15(21(19,20)16-9-2-3-10-16)13-6-4-5-12(11-13)7-8-14(17)18/h4-6,11H,2-3,7-10H2,1H3,(H,17,18). The number of aliphatic carboxylic acids is 1. The van der Waals surface area contributed by atoms with Crippen LogP contribution in [0.1, 0.15) is 24.8 Å². The molecule has 1 saturated heterocycles. The zero-order chi connectivity index (χ0) is 15.5. The molecule has 1 aromatic carbocycles. The van der Waals surface area contributed by atoms with Gasteiger partial charge < -0.3 is 5.11 Å². The van der Waals surface area contributed by atoms with Gasteiger partial charge >= 0.3 is 16.2 Å². The monoisotopic (exact) mass is 312 g/mol. The van der Waals surface area contributed by atoms with Gasteiger partial charge in [0.05, 0.1) is 5.69 Å². The van der Waals surface area contributed by atoms with Gasteiger partial charge in [-0.05, 0) is 37.0 Å². The van der Waals surface area contributed by atoms with Gasteiger partial charge in [0.1, 0.15) is 0 Å². The summed E-state index contributed by atoms with van der Waals surface area (Å²) < 4.78 is 27.7. The van der Waals surface area contributed by atoms with Crippen molar-refractivity contribution in [3.8, 4) is 0 Å². The molecule has 0 aromatic heterocycles. The van der Waals surface area contributed by atoms with Crippen molar-refractivity contribution in [3.05, 3.63) is 29.8 Å². The molecule has 0 unspecified atom stereocenters. The van der Waals surface area contributed by atoms with Crippen LogP contribution in [0.4, 0.5) is 5.69 Å². The Kier molecular flexibility index (Phi) is 4.84. The Morgan fingerprint density at radius 3 is 2.62 bits per heavy atom. The summed E-state index contributed by atoms with van der Waals surface area (Å²) in [4.78, 5) is 10.6. The average Bonchev–Trinajstić information content (AvgIpc) is 2.99. The molecule has 0 radical (unpaired) electrons. The number of aryl methyl sites for hydroxylation is 1. The third-order valence-corrected chi connectivity index (χ3v) is 5.56. The van der Waals surface area contributed by atoms with Crippen LogP contribution in [-0.4, -0.2) is 43.9 Å². The van der Waals surface area contributed by atoms with E-state index >= 15 is 0 Å². The molecule has 1 aromatic rings. The third-order valence-electron chi connectivity index (χ3n) is 3.64. The van der Waals surface area contributed by atoms with E-state index in [0.29, 0.717) is 25.2 Å². The van der Waals surface area contributed by atoms with Crippen molar-refractivity contribution in [1.29, 1.82) is 0 Å². The number of carbonyl (C=O) groups is 1. The molecular weight excluding hydrogens is 292 g/mol. The Morgan fingerprint density at radius 2 is 2.00 bits per heavy atom. The maximum Gasteiger partial charge on any atom is 0.303 e. The highest BCUT2D eigenvalue weighted by Gasteiger charge is 2.29. The number of carboxylic acid groups (broad SMARTS) is 1. The van der Waals surface area contributed by atoms with Crippen molar-refractivity contribution in [2.75, 3.05) is 24.4 Å². The van der Waals surface area contributed by atoms with Crippen LogP contribution >= 0.6 is 0 Å². The molecule has 116 valence electrons. The van der Waals surface area contributed by atoms with E-state index in [2.05, 4.69) is 0 Å². The van der Waals surface area contributed by atoms with Crippen molar-refractivity contribution in [2.45, 2.75) is 25.7 Å². The summed E-state index contributed by atoms with van der Waals surface area (Å²) in [6, 6.07) is 7.01. The molecule has 1 N–H and O–H groups in total. The van der Waals surface area contributed by atoms with E-state index in [1.807, 2.05) is 6.07 Å². The van der Waals surface area contributed by atoms with Gasteiger partial charge in [0.15, 0.2) is 0 Å². The van der Waals surface area contributed by atoms with Gasteiger partial charge in [-0.2, -0.15) is 12.7 Å². The van der Waals surface area contributed by atoms with Crippen LogP contribution in [0.2, 0.25) is 0 Å². The van der Waals surface area contributed by atoms with Gasteiger partial charge in [0.2, 0.25) is 0 Å². The molecule has 1 aliphatic rings. The lowest BCUT2D eigenvalue weighted by Gasteiger charge is -2.25. The predicted octanol–water partition coefficient (Wildman–Crippen LogP) is 1.48. The summed E-state index contributed by atoms with van der Waals surface area (Å²) in [5.41, 5.74) is 1.38. The fourth-order valence-corrected chi connectivity index (χ4v) is 3.83. The number of nitrogens with zero attached hydrogens (tertiary/aromatic N) is 2. The van der Waals surface area contributed by atoms with Gasteiger partial charge in [0.25, 0.3) is 0 Å². The molecular formula is C14H20N2O4S. The average molecular weight is 312 g/mol. The molecule has 0 saturated carbocycles. The first-order chi connectivity index (χ1) is 9.91. The van der Waals surface area contributed by atoms with Gasteiger partial charge in [-0.25, -0.2) is 0 Å². The molecule has 21 heavy (non-hydrogen) atoms. The van der Waals surface area contributed by atoms with Crippen molar-refractivity contribution >= 4 is 21.9 Å². The highest BCUT2D eigenvalue weighted by atomic mass is 32.2. The fourth-order valence-electron chi connectivity index (χ4n) is 2.38. The van der Waals surface area contributed by atoms with Crippen molar-refractivity contribution < 1.29 is 18.3 Å². The summed E-state index contributed by atoms with van der Waals surface area (Å²) in [7, 11) is -1.96. The molecule has 2 rings (SSSR count). The van der Waals surface area contributed by atoms with E-state index in [-0.39, 0.29) is 6.42 Å². The minimum absolute atomic E-state index is 0.0338. The predicted molar refractivity (Wildman–Crippen MR) is 80.5 cm³/mol. The van der Waals surface area contributed by atoms with Gasteiger partial charge in [-0.15, -0.1) is 0 Å². The molecule has 0 amide bonds. The second-order valence-electron chi connectivity index (χ2n) is 5.15. The van der Waals surface area contributed by atoms with Gasteiger partial charge in [-0.3, -0.25) is 9.10 Å². The quantitative estimate of drug-likeness (QED) is 0.863. The van der Waals surface area contributed by atoms with Crippen LogP contribution in [-0.2, 0) is 21.4 Å². The van der Waals surface area contributed by atoms with Gasteiger partial charge in [-0.1, -0.05) is 12.1 Å². The zero-order valence-corrected chi connectivity index (χ0v) is 12.8. The first-order valence-corrected chi connectivity index (χ1v) is 8.35. The molecule has 0 atom stereocenters. The number of rotatable bonds is 6. The molecule has 1 fully saturated rings. The lowest BCUT2D eigenvalue weighted by atomic mass is 10.1. The first kappa shape index (κ1) is 15.8. The molecule has 1 aliphatic heterocycles. The smallest absolute Gasteiger partial charge is 0.303 e. The Morgan fingerprint density at radius 1 is 1.33 bits per heavy atom. The molecule has 0 bridgehead atoms. The van der Waals surface area contributed by atoms with Crippen molar-refractivity contribution in [3.63, 3.8) is 0 Å². The summed E-state index contributed by atoms with van der Waals surface area (Å²) in [6.45, 7) is 1.12. The van der Waals surface area contributed by atoms with Crippen LogP contribution < -0.4 is 4.31 Å². The van der Waals surface area contributed by atoms with Crippen LogP contribution in [0, 0.1) is 0 Å². The second-order valence-corrected chi connectivity index (χ2v) is 7.10. The Labute approximate surface area is 125 Å². The fraction of sp³-hybridized carbons (Fsp3) is 0.500. The molecule has 7 heteroatoms. The normalized spacial score (nSPS) is 16.0. The summed E-state index contributed by atoms with van der Waals surface area (Å²) in [6.07, 6.45) is 2.21. The molecule has 6 nitrogen and oxygen atoms in total. The second kappa shape index (κ2) is 6.44. The lowest BCUT2D eigenvalue weighted by Crippen LogP contribution is -2.40. The van der Waals surface area contributed by atoms with Crippen molar-refractivity contribution in [2.24, 2.45) is 0 Å². The minimum atomic E-state index is -3.49. The number of benzene rings is 1. The molecule has 0 spiro atoms. The Bertz CT molecular complexity index is 609. The highest BCUT2D eigenvalue weighted by molar-refractivity contribution is 7.90. The number of carboxylic acids is 1. The third kappa shape index (κ3) is 3.74. The summed E-state index contributed by atoms with van der Waals surface area (Å²) >= 11 is 0. The SMILES string of the molecule is CN(c1cccc(CCC(=O)O)c1)S(=O)(=O)N1CCCC1. The van der Waals surface area contributed by atoms with Crippen LogP contribution in [0.5, 0.6) is 0 Å². The van der Waals surface area contributed by atoms with Crippen LogP contribution in [0.3, 0.4) is 0 Å². The maximum absolute atomic E-state index is 12.5. The largest absolute Gasteiger partial charge is 0.481 e. The van der Waals surface area contributed by atoms with Crippen LogP contribution in [0.25, 0.3) is 0 Å². The summed E-state index contributed by atoms with van der Waals surface area (Å²) in [5, 5.41) is 8.71. The van der Waals surface area contributed by atoms with Gasteiger partial charge in [0, 0.05) is 26.6 Å². The highest BCUT2D eigenvalue weighted by Crippen LogP contribution is 2.23. The topological polar surface area (TPSA) is 77.9 Å². The Hall–Kier alpha value is -1.60.